The molecule has 0 amide bonds. The van der Waals surface area contributed by atoms with Gasteiger partial charge < -0.3 is 4.74 Å². The average Bonchev–Trinajstić information content (AvgIpc) is 2.90. The topological polar surface area (TPSA) is 26.3 Å². The standard InChI is InChI=1S/C33H44O2/c1-3-5-7-8-10-20-32-21-24-33(25-22-32,26-23-32)29-16-12-27(13-17-29)28-14-18-30(19-15-28)35-31(34)11-9-6-4-2/h9,11-19H,3-8,10,20-26H2,1-2H3. The van der Waals surface area contributed by atoms with Crippen LogP contribution in [0.3, 0.4) is 0 Å². The smallest absolute Gasteiger partial charge is 0.335 e. The quantitative estimate of drug-likeness (QED) is 0.133. The summed E-state index contributed by atoms with van der Waals surface area (Å²) < 4.78 is 5.41. The van der Waals surface area contributed by atoms with Crippen molar-refractivity contribution in [2.45, 2.75) is 109 Å². The number of carbonyl (C=O) groups is 1. The molecule has 0 heterocycles. The molecule has 3 aliphatic rings. The number of allylic oxidation sites excluding steroid dienone is 1. The van der Waals surface area contributed by atoms with Crippen LogP contribution < -0.4 is 4.74 Å². The highest BCUT2D eigenvalue weighted by Gasteiger charge is 2.48. The molecule has 2 bridgehead atoms. The Bertz CT molecular complexity index is 943. The second-order valence-electron chi connectivity index (χ2n) is 11.2. The third-order valence-corrected chi connectivity index (χ3v) is 8.82. The van der Waals surface area contributed by atoms with E-state index < -0.39 is 0 Å². The molecule has 0 aromatic heterocycles. The van der Waals surface area contributed by atoms with E-state index in [-0.39, 0.29) is 5.97 Å². The summed E-state index contributed by atoms with van der Waals surface area (Å²) in [6, 6.07) is 17.2. The fourth-order valence-electron chi connectivity index (χ4n) is 6.40. The number of carbonyl (C=O) groups excluding carboxylic acids is 1. The van der Waals surface area contributed by atoms with E-state index in [0.29, 0.717) is 16.6 Å². The van der Waals surface area contributed by atoms with Crippen LogP contribution in [0, 0.1) is 5.41 Å². The van der Waals surface area contributed by atoms with Crippen molar-refractivity contribution >= 4 is 5.97 Å². The van der Waals surface area contributed by atoms with Gasteiger partial charge in [-0.2, -0.15) is 0 Å². The number of fused-ring (bicyclic) bond motifs is 3. The molecule has 3 saturated carbocycles. The third kappa shape index (κ3) is 6.46. The summed E-state index contributed by atoms with van der Waals surface area (Å²) in [4.78, 5) is 11.9. The molecule has 0 radical (unpaired) electrons. The highest BCUT2D eigenvalue weighted by molar-refractivity contribution is 5.84. The van der Waals surface area contributed by atoms with E-state index >= 15 is 0 Å². The summed E-state index contributed by atoms with van der Waals surface area (Å²) in [6.45, 7) is 4.39. The van der Waals surface area contributed by atoms with Crippen molar-refractivity contribution in [1.29, 1.82) is 0 Å². The van der Waals surface area contributed by atoms with E-state index in [4.69, 9.17) is 4.74 Å². The highest BCUT2D eigenvalue weighted by atomic mass is 16.5. The van der Waals surface area contributed by atoms with Crippen molar-refractivity contribution in [3.63, 3.8) is 0 Å². The van der Waals surface area contributed by atoms with Crippen LogP contribution >= 0.6 is 0 Å². The molecule has 3 fully saturated rings. The van der Waals surface area contributed by atoms with Gasteiger partial charge in [0.2, 0.25) is 0 Å². The second kappa shape index (κ2) is 12.1. The van der Waals surface area contributed by atoms with Crippen LogP contribution in [0.5, 0.6) is 5.75 Å². The van der Waals surface area contributed by atoms with Crippen LogP contribution in [0.15, 0.2) is 60.7 Å². The van der Waals surface area contributed by atoms with Crippen molar-refractivity contribution in [3.8, 4) is 16.9 Å². The Morgan fingerprint density at radius 1 is 0.771 bits per heavy atom. The van der Waals surface area contributed by atoms with Gasteiger partial charge in [0.15, 0.2) is 0 Å². The zero-order valence-electron chi connectivity index (χ0n) is 22.0. The number of rotatable bonds is 12. The Labute approximate surface area is 213 Å². The van der Waals surface area contributed by atoms with Crippen LogP contribution in [0.2, 0.25) is 0 Å². The first-order valence-corrected chi connectivity index (χ1v) is 14.2. The molecule has 2 aromatic rings. The number of esters is 1. The molecule has 0 atom stereocenters. The molecule has 188 valence electrons. The maximum absolute atomic E-state index is 11.9. The van der Waals surface area contributed by atoms with Crippen molar-refractivity contribution in [2.24, 2.45) is 5.41 Å². The zero-order chi connectivity index (χ0) is 24.6. The molecule has 0 spiro atoms. The number of hydrogen-bond acceptors (Lipinski definition) is 2. The van der Waals surface area contributed by atoms with Gasteiger partial charge in [-0.15, -0.1) is 0 Å². The first-order chi connectivity index (χ1) is 17.1. The van der Waals surface area contributed by atoms with Crippen molar-refractivity contribution in [3.05, 3.63) is 66.2 Å². The van der Waals surface area contributed by atoms with Gasteiger partial charge in [-0.3, -0.25) is 0 Å². The highest BCUT2D eigenvalue weighted by Crippen LogP contribution is 2.59. The Kier molecular flexibility index (Phi) is 8.87. The molecule has 0 unspecified atom stereocenters. The molecule has 2 nitrogen and oxygen atoms in total. The monoisotopic (exact) mass is 472 g/mol. The second-order valence-corrected chi connectivity index (χ2v) is 11.2. The maximum Gasteiger partial charge on any atom is 0.335 e. The molecular weight excluding hydrogens is 428 g/mol. The van der Waals surface area contributed by atoms with Crippen molar-refractivity contribution in [2.75, 3.05) is 0 Å². The number of benzene rings is 2. The number of hydrogen-bond donors (Lipinski definition) is 0. The Hall–Kier alpha value is -2.35. The summed E-state index contributed by atoms with van der Waals surface area (Å²) in [6.07, 6.45) is 22.2. The van der Waals surface area contributed by atoms with Crippen LogP contribution in [-0.4, -0.2) is 5.97 Å². The summed E-state index contributed by atoms with van der Waals surface area (Å²) in [7, 11) is 0. The predicted molar refractivity (Wildman–Crippen MR) is 147 cm³/mol. The molecule has 0 saturated heterocycles. The van der Waals surface area contributed by atoms with Crippen molar-refractivity contribution in [1.82, 2.24) is 0 Å². The van der Waals surface area contributed by atoms with E-state index in [0.717, 1.165) is 18.4 Å². The van der Waals surface area contributed by atoms with E-state index in [2.05, 4.69) is 38.1 Å². The fraction of sp³-hybridized carbons (Fsp3) is 0.545. The van der Waals surface area contributed by atoms with Crippen LogP contribution in [0.25, 0.3) is 11.1 Å². The lowest BCUT2D eigenvalue weighted by Crippen LogP contribution is -2.44. The van der Waals surface area contributed by atoms with Gasteiger partial charge in [0.25, 0.3) is 0 Å². The molecular formula is C33H44O2. The van der Waals surface area contributed by atoms with Crippen molar-refractivity contribution < 1.29 is 9.53 Å². The summed E-state index contributed by atoms with van der Waals surface area (Å²) in [5, 5.41) is 0. The first-order valence-electron chi connectivity index (χ1n) is 14.2. The lowest BCUT2D eigenvalue weighted by atomic mass is 9.51. The van der Waals surface area contributed by atoms with Gasteiger partial charge in [0.05, 0.1) is 0 Å². The minimum Gasteiger partial charge on any atom is -0.423 e. The van der Waals surface area contributed by atoms with Gasteiger partial charge in [-0.05, 0) is 91.0 Å². The maximum atomic E-state index is 11.9. The lowest BCUT2D eigenvalue weighted by molar-refractivity contribution is -0.129. The van der Waals surface area contributed by atoms with E-state index in [1.54, 1.807) is 5.56 Å². The van der Waals surface area contributed by atoms with E-state index in [9.17, 15) is 4.79 Å². The number of ether oxygens (including phenoxy) is 1. The van der Waals surface area contributed by atoms with Crippen LogP contribution in [0.1, 0.15) is 109 Å². The van der Waals surface area contributed by atoms with Gasteiger partial charge >= 0.3 is 5.97 Å². The molecule has 35 heavy (non-hydrogen) atoms. The Morgan fingerprint density at radius 3 is 1.97 bits per heavy atom. The predicted octanol–water partition coefficient (Wildman–Crippen LogP) is 9.57. The Morgan fingerprint density at radius 2 is 1.37 bits per heavy atom. The fourth-order valence-corrected chi connectivity index (χ4v) is 6.40. The first kappa shape index (κ1) is 25.7. The molecule has 2 aromatic carbocycles. The van der Waals surface area contributed by atoms with Gasteiger partial charge in [0, 0.05) is 6.08 Å². The van der Waals surface area contributed by atoms with E-state index in [1.165, 1.54) is 88.7 Å². The molecule has 5 rings (SSSR count). The summed E-state index contributed by atoms with van der Waals surface area (Å²) in [5.41, 5.74) is 4.99. The minimum atomic E-state index is -0.310. The minimum absolute atomic E-state index is 0.310. The largest absolute Gasteiger partial charge is 0.423 e. The average molecular weight is 473 g/mol. The van der Waals surface area contributed by atoms with E-state index in [1.807, 2.05) is 30.3 Å². The van der Waals surface area contributed by atoms with Crippen LogP contribution in [0.4, 0.5) is 0 Å². The summed E-state index contributed by atoms with van der Waals surface area (Å²) >= 11 is 0. The zero-order valence-corrected chi connectivity index (χ0v) is 22.0. The number of unbranched alkanes of at least 4 members (excludes halogenated alkanes) is 5. The molecule has 3 aliphatic carbocycles. The lowest BCUT2D eigenvalue weighted by Gasteiger charge is -2.54. The molecule has 2 heteroatoms. The van der Waals surface area contributed by atoms with Gasteiger partial charge in [0.1, 0.15) is 5.75 Å². The normalized spacial score (nSPS) is 23.6. The van der Waals surface area contributed by atoms with Crippen LogP contribution in [-0.2, 0) is 10.2 Å². The van der Waals surface area contributed by atoms with Gasteiger partial charge in [-0.25, -0.2) is 4.79 Å². The molecule has 0 aliphatic heterocycles. The summed E-state index contributed by atoms with van der Waals surface area (Å²) in [5.74, 6) is 0.281. The van der Waals surface area contributed by atoms with Gasteiger partial charge in [-0.1, -0.05) is 94.8 Å². The SMILES string of the molecule is CCCC=CC(=O)Oc1ccc(-c2ccc(C34CCC(CCCCCCC)(CC3)CC4)cc2)cc1. The Balaban J connectivity index is 1.32. The third-order valence-electron chi connectivity index (χ3n) is 8.82. The molecule has 0 N–H and O–H groups in total.